The minimum Gasteiger partial charge on any atom is -0.444 e. The Labute approximate surface area is 180 Å². The minimum absolute atomic E-state index is 0.127. The Balaban J connectivity index is 1.64. The number of piperazine rings is 1. The molecule has 2 heterocycles. The molecule has 0 radical (unpaired) electrons. The molecule has 3 rings (SSSR count). The molecule has 0 aliphatic carbocycles. The van der Waals surface area contributed by atoms with Crippen LogP contribution in [0.5, 0.6) is 0 Å². The number of ether oxygens (including phenoxy) is 1. The van der Waals surface area contributed by atoms with Gasteiger partial charge in [-0.15, -0.1) is 0 Å². The zero-order valence-electron chi connectivity index (χ0n) is 17.5. The Morgan fingerprint density at radius 3 is 2.50 bits per heavy atom. The molecule has 1 amide bonds. The first-order valence-electron chi connectivity index (χ1n) is 10.0. The molecule has 8 heteroatoms. The van der Waals surface area contributed by atoms with E-state index in [1.807, 2.05) is 31.7 Å². The van der Waals surface area contributed by atoms with Crippen molar-refractivity contribution in [2.45, 2.75) is 39.3 Å². The molecule has 6 nitrogen and oxygen atoms in total. The van der Waals surface area contributed by atoms with E-state index in [4.69, 9.17) is 16.3 Å². The maximum absolute atomic E-state index is 14.0. The molecule has 1 aliphatic heterocycles. The summed E-state index contributed by atoms with van der Waals surface area (Å²) < 4.78 is 21.0. The monoisotopic (exact) mass is 435 g/mol. The third kappa shape index (κ3) is 5.53. The SMILES string of the molecule is CC(C)(C)OC(=O)N1CCN(c2cccn(CCc3ccc(Cl)cc3F)c2=O)CC1. The number of benzene rings is 1. The number of rotatable bonds is 4. The number of carbonyl (C=O) groups excluding carboxylic acids is 1. The predicted molar refractivity (Wildman–Crippen MR) is 116 cm³/mol. The first kappa shape index (κ1) is 22.2. The molecule has 0 bridgehead atoms. The standard InChI is InChI=1S/C22H27ClFN3O3/c1-22(2,3)30-21(29)27-13-11-25(12-14-27)19-5-4-9-26(20(19)28)10-8-16-6-7-17(23)15-18(16)24/h4-7,9,15H,8,10-14H2,1-3H3. The van der Waals surface area contributed by atoms with Crippen LogP contribution in [0.2, 0.25) is 5.02 Å². The van der Waals surface area contributed by atoms with Gasteiger partial charge in [-0.25, -0.2) is 9.18 Å². The van der Waals surface area contributed by atoms with Gasteiger partial charge in [0.05, 0.1) is 0 Å². The van der Waals surface area contributed by atoms with Crippen LogP contribution in [0, 0.1) is 5.82 Å². The molecular weight excluding hydrogens is 409 g/mol. The van der Waals surface area contributed by atoms with Gasteiger partial charge in [0.15, 0.2) is 0 Å². The zero-order valence-corrected chi connectivity index (χ0v) is 18.3. The Hall–Kier alpha value is -2.54. The number of hydrogen-bond donors (Lipinski definition) is 0. The fourth-order valence-electron chi connectivity index (χ4n) is 3.36. The highest BCUT2D eigenvalue weighted by Crippen LogP contribution is 2.17. The second-order valence-corrected chi connectivity index (χ2v) is 8.77. The summed E-state index contributed by atoms with van der Waals surface area (Å²) in [6, 6.07) is 8.16. The first-order chi connectivity index (χ1) is 14.1. The molecule has 2 aromatic rings. The molecule has 1 aromatic carbocycles. The molecule has 1 saturated heterocycles. The molecule has 0 saturated carbocycles. The first-order valence-corrected chi connectivity index (χ1v) is 10.4. The van der Waals surface area contributed by atoms with Crippen LogP contribution < -0.4 is 10.5 Å². The minimum atomic E-state index is -0.537. The van der Waals surface area contributed by atoms with E-state index in [2.05, 4.69) is 0 Å². The maximum atomic E-state index is 14.0. The van der Waals surface area contributed by atoms with Gasteiger partial charge in [0, 0.05) is 43.9 Å². The summed E-state index contributed by atoms with van der Waals surface area (Å²) in [4.78, 5) is 28.8. The van der Waals surface area contributed by atoms with Crippen molar-refractivity contribution >= 4 is 23.4 Å². The van der Waals surface area contributed by atoms with Gasteiger partial charge < -0.3 is 19.1 Å². The Morgan fingerprint density at radius 2 is 1.87 bits per heavy atom. The highest BCUT2D eigenvalue weighted by molar-refractivity contribution is 6.30. The molecule has 1 aromatic heterocycles. The van der Waals surface area contributed by atoms with Crippen molar-refractivity contribution in [3.05, 3.63) is 63.3 Å². The van der Waals surface area contributed by atoms with Crippen LogP contribution in [0.4, 0.5) is 14.9 Å². The smallest absolute Gasteiger partial charge is 0.410 e. The largest absolute Gasteiger partial charge is 0.444 e. The molecule has 0 N–H and O–H groups in total. The van der Waals surface area contributed by atoms with Crippen molar-refractivity contribution in [1.29, 1.82) is 0 Å². The average Bonchev–Trinajstić information content (AvgIpc) is 2.67. The number of anilines is 1. The van der Waals surface area contributed by atoms with Gasteiger partial charge in [0.1, 0.15) is 17.1 Å². The van der Waals surface area contributed by atoms with Crippen molar-refractivity contribution < 1.29 is 13.9 Å². The van der Waals surface area contributed by atoms with Crippen molar-refractivity contribution in [3.63, 3.8) is 0 Å². The molecule has 1 aliphatic rings. The molecule has 0 unspecified atom stereocenters. The summed E-state index contributed by atoms with van der Waals surface area (Å²) in [5.41, 5.74) is 0.434. The summed E-state index contributed by atoms with van der Waals surface area (Å²) in [7, 11) is 0. The number of aromatic nitrogens is 1. The lowest BCUT2D eigenvalue weighted by atomic mass is 10.1. The van der Waals surface area contributed by atoms with E-state index >= 15 is 0 Å². The lowest BCUT2D eigenvalue weighted by molar-refractivity contribution is 0.0240. The van der Waals surface area contributed by atoms with Gasteiger partial charge >= 0.3 is 6.09 Å². The number of nitrogens with zero attached hydrogens (tertiary/aromatic N) is 3. The number of amides is 1. The van der Waals surface area contributed by atoms with Crippen LogP contribution >= 0.6 is 11.6 Å². The summed E-state index contributed by atoms with van der Waals surface area (Å²) in [6.07, 6.45) is 1.76. The Bertz CT molecular complexity index is 963. The number of carbonyl (C=O) groups is 1. The van der Waals surface area contributed by atoms with Gasteiger partial charge in [-0.05, 0) is 57.0 Å². The average molecular weight is 436 g/mol. The molecule has 1 fully saturated rings. The van der Waals surface area contributed by atoms with E-state index in [1.165, 1.54) is 6.07 Å². The Kier molecular flexibility index (Phi) is 6.71. The lowest BCUT2D eigenvalue weighted by Gasteiger charge is -2.36. The molecular formula is C22H27ClFN3O3. The van der Waals surface area contributed by atoms with Crippen LogP contribution in [-0.2, 0) is 17.7 Å². The predicted octanol–water partition coefficient (Wildman–Crippen LogP) is 3.94. The number of halogens is 2. The van der Waals surface area contributed by atoms with Gasteiger partial charge in [-0.1, -0.05) is 17.7 Å². The lowest BCUT2D eigenvalue weighted by Crippen LogP contribution is -2.51. The van der Waals surface area contributed by atoms with Crippen LogP contribution in [0.1, 0.15) is 26.3 Å². The number of hydrogen-bond acceptors (Lipinski definition) is 4. The van der Waals surface area contributed by atoms with E-state index in [0.29, 0.717) is 55.4 Å². The van der Waals surface area contributed by atoms with E-state index in [9.17, 15) is 14.0 Å². The van der Waals surface area contributed by atoms with Crippen molar-refractivity contribution in [3.8, 4) is 0 Å². The maximum Gasteiger partial charge on any atom is 0.410 e. The highest BCUT2D eigenvalue weighted by atomic mass is 35.5. The van der Waals surface area contributed by atoms with E-state index < -0.39 is 5.60 Å². The topological polar surface area (TPSA) is 54.8 Å². The van der Waals surface area contributed by atoms with Crippen LogP contribution in [0.25, 0.3) is 0 Å². The van der Waals surface area contributed by atoms with Crippen molar-refractivity contribution in [2.24, 2.45) is 0 Å². The summed E-state index contributed by atoms with van der Waals surface area (Å²) in [5.74, 6) is -0.370. The van der Waals surface area contributed by atoms with Gasteiger partial charge in [-0.3, -0.25) is 4.79 Å². The van der Waals surface area contributed by atoms with Crippen molar-refractivity contribution in [1.82, 2.24) is 9.47 Å². The number of pyridine rings is 1. The van der Waals surface area contributed by atoms with Crippen molar-refractivity contribution in [2.75, 3.05) is 31.1 Å². The van der Waals surface area contributed by atoms with E-state index in [-0.39, 0.29) is 17.5 Å². The second kappa shape index (κ2) is 9.08. The third-order valence-electron chi connectivity index (χ3n) is 4.91. The van der Waals surface area contributed by atoms with Crippen LogP contribution in [0.3, 0.4) is 0 Å². The molecule has 162 valence electrons. The summed E-state index contributed by atoms with van der Waals surface area (Å²) in [6.45, 7) is 7.94. The summed E-state index contributed by atoms with van der Waals surface area (Å²) >= 11 is 5.79. The normalized spacial score (nSPS) is 14.7. The second-order valence-electron chi connectivity index (χ2n) is 8.33. The summed E-state index contributed by atoms with van der Waals surface area (Å²) in [5, 5.41) is 0.348. The Morgan fingerprint density at radius 1 is 1.17 bits per heavy atom. The van der Waals surface area contributed by atoms with Gasteiger partial charge in [-0.2, -0.15) is 0 Å². The fourth-order valence-corrected chi connectivity index (χ4v) is 3.52. The third-order valence-corrected chi connectivity index (χ3v) is 5.14. The zero-order chi connectivity index (χ0) is 21.9. The molecule has 0 atom stereocenters. The highest BCUT2D eigenvalue weighted by Gasteiger charge is 2.26. The quantitative estimate of drug-likeness (QED) is 0.730. The van der Waals surface area contributed by atoms with Crippen LogP contribution in [0.15, 0.2) is 41.3 Å². The van der Waals surface area contributed by atoms with Crippen LogP contribution in [-0.4, -0.2) is 47.3 Å². The molecule has 0 spiro atoms. The number of aryl methyl sites for hydroxylation is 2. The van der Waals surface area contributed by atoms with Gasteiger partial charge in [0.2, 0.25) is 0 Å². The van der Waals surface area contributed by atoms with Gasteiger partial charge in [0.25, 0.3) is 5.56 Å². The fraction of sp³-hybridized carbons (Fsp3) is 0.455. The van der Waals surface area contributed by atoms with E-state index in [1.54, 1.807) is 33.9 Å². The van der Waals surface area contributed by atoms with E-state index in [0.717, 1.165) is 0 Å². The molecule has 30 heavy (non-hydrogen) atoms.